The summed E-state index contributed by atoms with van der Waals surface area (Å²) in [6.45, 7) is 5.28. The zero-order valence-corrected chi connectivity index (χ0v) is 18.6. The summed E-state index contributed by atoms with van der Waals surface area (Å²) in [4.78, 5) is 15.1. The van der Waals surface area contributed by atoms with Gasteiger partial charge in [0, 0.05) is 35.4 Å². The number of amides is 2. The first-order valence-corrected chi connectivity index (χ1v) is 11.0. The predicted molar refractivity (Wildman–Crippen MR) is 121 cm³/mol. The van der Waals surface area contributed by atoms with Crippen LogP contribution in [0.3, 0.4) is 0 Å². The largest absolute Gasteiger partial charge is 0.496 e. The summed E-state index contributed by atoms with van der Waals surface area (Å²) in [5.41, 5.74) is 4.62. The van der Waals surface area contributed by atoms with Crippen LogP contribution in [0, 0.1) is 13.8 Å². The molecule has 2 N–H and O–H groups in total. The van der Waals surface area contributed by atoms with Crippen LogP contribution < -0.4 is 15.4 Å². The van der Waals surface area contributed by atoms with Crippen molar-refractivity contribution in [1.82, 2.24) is 10.2 Å². The van der Waals surface area contributed by atoms with E-state index in [-0.39, 0.29) is 12.1 Å². The molecular weight excluding hydrogens is 398 g/mol. The molecule has 4 rings (SSSR count). The molecule has 2 aliphatic rings. The molecule has 0 spiro atoms. The fraction of sp³-hybridized carbons (Fsp3) is 0.458. The van der Waals surface area contributed by atoms with E-state index >= 15 is 0 Å². The number of hydrogen-bond acceptors (Lipinski definition) is 3. The van der Waals surface area contributed by atoms with E-state index in [1.54, 1.807) is 19.2 Å². The summed E-state index contributed by atoms with van der Waals surface area (Å²) in [6.07, 6.45) is 4.39. The molecule has 0 saturated carbocycles. The zero-order chi connectivity index (χ0) is 21.3. The number of rotatable bonds is 5. The molecular formula is C24H30ClN3O2. The van der Waals surface area contributed by atoms with E-state index in [4.69, 9.17) is 16.3 Å². The maximum atomic E-state index is 12.5. The highest BCUT2D eigenvalue weighted by molar-refractivity contribution is 6.30. The number of methoxy groups -OCH3 is 1. The lowest BCUT2D eigenvalue weighted by atomic mass is 9.95. The lowest BCUT2D eigenvalue weighted by molar-refractivity contribution is 0.112. The van der Waals surface area contributed by atoms with Crippen LogP contribution in [0.15, 0.2) is 36.4 Å². The van der Waals surface area contributed by atoms with Crippen LogP contribution in [0.1, 0.15) is 42.4 Å². The lowest BCUT2D eigenvalue weighted by Gasteiger charge is -2.39. The maximum absolute atomic E-state index is 12.5. The summed E-state index contributed by atoms with van der Waals surface area (Å²) in [7, 11) is 1.72. The number of urea groups is 1. The molecule has 2 aromatic rings. The Labute approximate surface area is 183 Å². The molecule has 0 aliphatic carbocycles. The van der Waals surface area contributed by atoms with E-state index in [1.807, 2.05) is 12.1 Å². The topological polar surface area (TPSA) is 53.6 Å². The van der Waals surface area contributed by atoms with Gasteiger partial charge in [-0.25, -0.2) is 4.79 Å². The number of nitrogens with zero attached hydrogens (tertiary/aromatic N) is 1. The van der Waals surface area contributed by atoms with Gasteiger partial charge in [-0.1, -0.05) is 23.7 Å². The highest BCUT2D eigenvalue weighted by Gasteiger charge is 2.41. The Balaban J connectivity index is 1.37. The number of fused-ring (bicyclic) bond motifs is 2. The van der Waals surface area contributed by atoms with Crippen LogP contribution in [-0.2, 0) is 6.54 Å². The molecule has 2 heterocycles. The fourth-order valence-corrected chi connectivity index (χ4v) is 5.20. The van der Waals surface area contributed by atoms with E-state index in [0.29, 0.717) is 22.8 Å². The van der Waals surface area contributed by atoms with Gasteiger partial charge in [-0.05, 0) is 80.5 Å². The Bertz CT molecular complexity index is 919. The molecule has 2 aromatic carbocycles. The Morgan fingerprint density at radius 3 is 2.53 bits per heavy atom. The number of hydrogen-bond donors (Lipinski definition) is 2. The molecule has 2 atom stereocenters. The molecule has 2 unspecified atom stereocenters. The van der Waals surface area contributed by atoms with E-state index in [1.165, 1.54) is 29.5 Å². The molecule has 2 fully saturated rings. The van der Waals surface area contributed by atoms with Crippen molar-refractivity contribution in [3.8, 4) is 5.75 Å². The first-order chi connectivity index (χ1) is 14.4. The number of benzene rings is 2. The van der Waals surface area contributed by atoms with Crippen LogP contribution in [0.5, 0.6) is 5.75 Å². The number of halogens is 1. The van der Waals surface area contributed by atoms with Gasteiger partial charge in [0.25, 0.3) is 0 Å². The van der Waals surface area contributed by atoms with Gasteiger partial charge >= 0.3 is 6.03 Å². The van der Waals surface area contributed by atoms with E-state index in [0.717, 1.165) is 25.1 Å². The summed E-state index contributed by atoms with van der Waals surface area (Å²) < 4.78 is 5.46. The van der Waals surface area contributed by atoms with Crippen molar-refractivity contribution in [2.45, 2.75) is 64.2 Å². The van der Waals surface area contributed by atoms with Gasteiger partial charge in [-0.2, -0.15) is 0 Å². The van der Waals surface area contributed by atoms with Crippen molar-refractivity contribution < 1.29 is 9.53 Å². The number of carbonyl (C=O) groups is 1. The third-order valence-corrected chi connectivity index (χ3v) is 6.96. The minimum Gasteiger partial charge on any atom is -0.496 e. The first kappa shape index (κ1) is 21.0. The molecule has 160 valence electrons. The van der Waals surface area contributed by atoms with Crippen molar-refractivity contribution in [2.75, 3.05) is 12.4 Å². The van der Waals surface area contributed by atoms with Gasteiger partial charge in [-0.3, -0.25) is 4.90 Å². The highest BCUT2D eigenvalue weighted by atomic mass is 35.5. The molecule has 2 aliphatic heterocycles. The summed E-state index contributed by atoms with van der Waals surface area (Å²) in [6, 6.07) is 12.6. The van der Waals surface area contributed by atoms with Crippen molar-refractivity contribution in [3.05, 3.63) is 58.1 Å². The van der Waals surface area contributed by atoms with E-state index < -0.39 is 0 Å². The number of anilines is 1. The summed E-state index contributed by atoms with van der Waals surface area (Å²) in [5, 5.41) is 6.68. The Morgan fingerprint density at radius 1 is 1.13 bits per heavy atom. The fourth-order valence-electron chi connectivity index (χ4n) is 5.01. The molecule has 5 nitrogen and oxygen atoms in total. The van der Waals surface area contributed by atoms with Crippen LogP contribution in [0.25, 0.3) is 0 Å². The smallest absolute Gasteiger partial charge is 0.319 e. The minimum absolute atomic E-state index is 0.156. The van der Waals surface area contributed by atoms with Gasteiger partial charge < -0.3 is 15.4 Å². The van der Waals surface area contributed by atoms with Crippen LogP contribution in [0.2, 0.25) is 5.02 Å². The Kier molecular flexibility index (Phi) is 6.21. The van der Waals surface area contributed by atoms with Crippen LogP contribution >= 0.6 is 11.6 Å². The molecule has 2 saturated heterocycles. The molecule has 0 radical (unpaired) electrons. The number of piperidine rings is 1. The molecule has 2 bridgehead atoms. The van der Waals surface area contributed by atoms with Crippen molar-refractivity contribution >= 4 is 23.3 Å². The Morgan fingerprint density at radius 2 is 1.87 bits per heavy atom. The lowest BCUT2D eigenvalue weighted by Crippen LogP contribution is -2.50. The van der Waals surface area contributed by atoms with Gasteiger partial charge in [0.1, 0.15) is 5.75 Å². The second-order valence-electron chi connectivity index (χ2n) is 8.51. The number of ether oxygens (including phenoxy) is 1. The quantitative estimate of drug-likeness (QED) is 0.682. The molecule has 0 aromatic heterocycles. The average molecular weight is 428 g/mol. The van der Waals surface area contributed by atoms with Crippen molar-refractivity contribution in [1.29, 1.82) is 0 Å². The van der Waals surface area contributed by atoms with E-state index in [2.05, 4.69) is 41.5 Å². The number of carbonyl (C=O) groups excluding carboxylic acids is 1. The van der Waals surface area contributed by atoms with Crippen molar-refractivity contribution in [2.24, 2.45) is 0 Å². The first-order valence-electron chi connectivity index (χ1n) is 10.7. The molecule has 2 amide bonds. The van der Waals surface area contributed by atoms with E-state index in [9.17, 15) is 4.79 Å². The van der Waals surface area contributed by atoms with Gasteiger partial charge in [0.05, 0.1) is 7.11 Å². The van der Waals surface area contributed by atoms with Crippen LogP contribution in [-0.4, -0.2) is 36.2 Å². The minimum atomic E-state index is -0.156. The van der Waals surface area contributed by atoms with Crippen molar-refractivity contribution in [3.63, 3.8) is 0 Å². The number of nitrogens with one attached hydrogen (secondary N) is 2. The monoisotopic (exact) mass is 427 g/mol. The Hall–Kier alpha value is -2.24. The third kappa shape index (κ3) is 4.42. The molecule has 6 heteroatoms. The summed E-state index contributed by atoms with van der Waals surface area (Å²) >= 11 is 6.00. The standard InChI is InChI=1S/C24H30ClN3O2/c1-15-16(2)23(30-3)10-7-17(15)14-28-21-8-9-22(28)13-20(12-21)27-24(29)26-19-6-4-5-18(25)11-19/h4-7,10-11,20-22H,8-9,12-14H2,1-3H3,(H2,26,27,29). The highest BCUT2D eigenvalue weighted by Crippen LogP contribution is 2.38. The summed E-state index contributed by atoms with van der Waals surface area (Å²) in [5.74, 6) is 0.952. The average Bonchev–Trinajstić information content (AvgIpc) is 2.93. The zero-order valence-electron chi connectivity index (χ0n) is 17.9. The second kappa shape index (κ2) is 8.86. The molecule has 30 heavy (non-hydrogen) atoms. The maximum Gasteiger partial charge on any atom is 0.319 e. The van der Waals surface area contributed by atoms with Gasteiger partial charge in [0.15, 0.2) is 0 Å². The third-order valence-electron chi connectivity index (χ3n) is 6.72. The second-order valence-corrected chi connectivity index (χ2v) is 8.95. The van der Waals surface area contributed by atoms with Crippen LogP contribution in [0.4, 0.5) is 10.5 Å². The van der Waals surface area contributed by atoms with Gasteiger partial charge in [0.2, 0.25) is 0 Å². The van der Waals surface area contributed by atoms with Gasteiger partial charge in [-0.15, -0.1) is 0 Å². The normalized spacial score (nSPS) is 23.3. The SMILES string of the molecule is COc1ccc(CN2C3CCC2CC(NC(=O)Nc2cccc(Cl)c2)C3)c(C)c1C. The predicted octanol–water partition coefficient (Wildman–Crippen LogP) is 5.28.